The summed E-state index contributed by atoms with van der Waals surface area (Å²) in [5.74, 6) is 0.0372. The quantitative estimate of drug-likeness (QED) is 0.522. The molecule has 1 fully saturated rings. The molecule has 0 saturated carbocycles. The summed E-state index contributed by atoms with van der Waals surface area (Å²) in [5, 5.41) is 0.545. The van der Waals surface area contributed by atoms with Gasteiger partial charge in [-0.3, -0.25) is 4.79 Å². The topological polar surface area (TPSA) is 29.5 Å². The number of hydrogen-bond donors (Lipinski definition) is 0. The maximum atomic E-state index is 11.5. The van der Waals surface area contributed by atoms with E-state index in [0.717, 1.165) is 0 Å². The number of morpholine rings is 1. The Morgan fingerprint density at radius 3 is 2.58 bits per heavy atom. The number of amides is 1. The van der Waals surface area contributed by atoms with Crippen molar-refractivity contribution in [2.45, 2.75) is 0 Å². The van der Waals surface area contributed by atoms with E-state index in [4.69, 9.17) is 4.74 Å². The monoisotopic (exact) mass is 233 g/mol. The second kappa shape index (κ2) is 4.62. The van der Waals surface area contributed by atoms with E-state index in [1.165, 1.54) is 0 Å². The summed E-state index contributed by atoms with van der Waals surface area (Å²) in [4.78, 5) is 13.2. The first kappa shape index (κ1) is 9.74. The molecule has 0 aliphatic carbocycles. The van der Waals surface area contributed by atoms with Crippen LogP contribution in [0.4, 0.5) is 0 Å². The third-order valence-corrected chi connectivity index (χ3v) is 2.44. The Kier molecular flexibility index (Phi) is 3.75. The summed E-state index contributed by atoms with van der Waals surface area (Å²) < 4.78 is 5.13. The molecule has 0 N–H and O–H groups in total. The van der Waals surface area contributed by atoms with Gasteiger partial charge in [0, 0.05) is 24.0 Å². The Labute approximate surface area is 80.5 Å². The first-order valence-corrected chi connectivity index (χ1v) is 4.98. The fourth-order valence-electron chi connectivity index (χ4n) is 1.05. The van der Waals surface area contributed by atoms with Gasteiger partial charge in [0.15, 0.2) is 0 Å². The fraction of sp³-hybridized carbons (Fsp3) is 0.625. The van der Waals surface area contributed by atoms with E-state index in [9.17, 15) is 4.79 Å². The number of ether oxygens (including phenoxy) is 1. The number of rotatable bonds is 2. The smallest absolute Gasteiger partial charge is 0.250 e. The molecular formula is C8H12BrNO2. The van der Waals surface area contributed by atoms with Gasteiger partial charge in [-0.25, -0.2) is 0 Å². The van der Waals surface area contributed by atoms with Gasteiger partial charge < -0.3 is 9.64 Å². The normalized spacial score (nSPS) is 17.6. The second-order valence-corrected chi connectivity index (χ2v) is 3.20. The van der Waals surface area contributed by atoms with Crippen LogP contribution in [0.2, 0.25) is 0 Å². The van der Waals surface area contributed by atoms with Crippen LogP contribution < -0.4 is 0 Å². The molecule has 0 unspecified atom stereocenters. The van der Waals surface area contributed by atoms with Crippen molar-refractivity contribution in [3.05, 3.63) is 12.2 Å². The fourth-order valence-corrected chi connectivity index (χ4v) is 1.29. The van der Waals surface area contributed by atoms with Gasteiger partial charge in [-0.15, -0.1) is 0 Å². The number of hydrogen-bond acceptors (Lipinski definition) is 2. The van der Waals surface area contributed by atoms with Gasteiger partial charge in [0.2, 0.25) is 5.91 Å². The summed E-state index contributed by atoms with van der Waals surface area (Å²) in [6.07, 6.45) is 0. The molecule has 68 valence electrons. The third kappa shape index (κ3) is 2.32. The van der Waals surface area contributed by atoms with Gasteiger partial charge in [-0.05, 0) is 0 Å². The Bertz CT molecular complexity index is 187. The van der Waals surface area contributed by atoms with Crippen LogP contribution in [0.3, 0.4) is 0 Å². The molecule has 3 nitrogen and oxygen atoms in total. The first-order chi connectivity index (χ1) is 5.75. The zero-order chi connectivity index (χ0) is 8.97. The average molecular weight is 234 g/mol. The summed E-state index contributed by atoms with van der Waals surface area (Å²) in [6.45, 7) is 6.32. The van der Waals surface area contributed by atoms with Crippen LogP contribution in [0.15, 0.2) is 12.2 Å². The minimum absolute atomic E-state index is 0.0372. The van der Waals surface area contributed by atoms with Crippen LogP contribution in [0.1, 0.15) is 0 Å². The highest BCUT2D eigenvalue weighted by molar-refractivity contribution is 9.09. The summed E-state index contributed by atoms with van der Waals surface area (Å²) in [5.41, 5.74) is 0.608. The van der Waals surface area contributed by atoms with Crippen LogP contribution in [0, 0.1) is 0 Å². The maximum absolute atomic E-state index is 11.5. The van der Waals surface area contributed by atoms with Crippen molar-refractivity contribution < 1.29 is 9.53 Å². The molecule has 0 bridgehead atoms. The molecule has 0 spiro atoms. The predicted octanol–water partition coefficient (Wildman–Crippen LogP) is 0.796. The molecule has 1 amide bonds. The van der Waals surface area contributed by atoms with Crippen LogP contribution in [-0.2, 0) is 9.53 Å². The molecular weight excluding hydrogens is 222 g/mol. The maximum Gasteiger partial charge on any atom is 0.250 e. The number of nitrogens with zero attached hydrogens (tertiary/aromatic N) is 1. The minimum atomic E-state index is 0.0372. The van der Waals surface area contributed by atoms with Crippen molar-refractivity contribution in [1.29, 1.82) is 0 Å². The highest BCUT2D eigenvalue weighted by Gasteiger charge is 2.17. The van der Waals surface area contributed by atoms with Crippen LogP contribution in [0.25, 0.3) is 0 Å². The van der Waals surface area contributed by atoms with Crippen molar-refractivity contribution in [3.8, 4) is 0 Å². The Morgan fingerprint density at radius 2 is 2.08 bits per heavy atom. The van der Waals surface area contributed by atoms with E-state index >= 15 is 0 Å². The van der Waals surface area contributed by atoms with Gasteiger partial charge in [0.25, 0.3) is 0 Å². The molecule has 0 atom stereocenters. The molecule has 12 heavy (non-hydrogen) atoms. The SMILES string of the molecule is C=C(CBr)C(=O)N1CCOCC1. The first-order valence-electron chi connectivity index (χ1n) is 3.86. The molecule has 1 aliphatic heterocycles. The molecule has 1 saturated heterocycles. The van der Waals surface area contributed by atoms with Gasteiger partial charge >= 0.3 is 0 Å². The molecule has 0 aromatic heterocycles. The molecule has 0 aromatic rings. The van der Waals surface area contributed by atoms with Crippen molar-refractivity contribution in [2.75, 3.05) is 31.6 Å². The summed E-state index contributed by atoms with van der Waals surface area (Å²) >= 11 is 3.20. The number of halogens is 1. The van der Waals surface area contributed by atoms with E-state index < -0.39 is 0 Å². The number of alkyl halides is 1. The molecule has 1 aliphatic rings. The van der Waals surface area contributed by atoms with Gasteiger partial charge in [0.05, 0.1) is 13.2 Å². The van der Waals surface area contributed by atoms with Gasteiger partial charge in [0.1, 0.15) is 0 Å². The lowest BCUT2D eigenvalue weighted by molar-refractivity contribution is -0.130. The Balaban J connectivity index is 2.45. The summed E-state index contributed by atoms with van der Waals surface area (Å²) in [7, 11) is 0. The lowest BCUT2D eigenvalue weighted by atomic mass is 10.3. The van der Waals surface area contributed by atoms with Crippen molar-refractivity contribution in [1.82, 2.24) is 4.90 Å². The van der Waals surface area contributed by atoms with Crippen molar-refractivity contribution >= 4 is 21.8 Å². The highest BCUT2D eigenvalue weighted by Crippen LogP contribution is 2.05. The second-order valence-electron chi connectivity index (χ2n) is 2.64. The largest absolute Gasteiger partial charge is 0.378 e. The zero-order valence-electron chi connectivity index (χ0n) is 6.88. The number of carbonyl (C=O) groups excluding carboxylic acids is 1. The third-order valence-electron chi connectivity index (χ3n) is 1.76. The zero-order valence-corrected chi connectivity index (χ0v) is 8.47. The van der Waals surface area contributed by atoms with Crippen LogP contribution in [-0.4, -0.2) is 42.4 Å². The van der Waals surface area contributed by atoms with Gasteiger partial charge in [-0.1, -0.05) is 22.5 Å². The standard InChI is InChI=1S/C8H12BrNO2/c1-7(6-9)8(11)10-2-4-12-5-3-10/h1-6H2. The molecule has 1 rings (SSSR count). The Morgan fingerprint density at radius 1 is 1.50 bits per heavy atom. The molecule has 0 radical (unpaired) electrons. The van der Waals surface area contributed by atoms with E-state index in [-0.39, 0.29) is 5.91 Å². The lowest BCUT2D eigenvalue weighted by Crippen LogP contribution is -2.41. The van der Waals surface area contributed by atoms with E-state index in [1.54, 1.807) is 4.90 Å². The molecule has 1 heterocycles. The predicted molar refractivity (Wildman–Crippen MR) is 50.3 cm³/mol. The lowest BCUT2D eigenvalue weighted by Gasteiger charge is -2.27. The molecule has 4 heteroatoms. The number of carbonyl (C=O) groups is 1. The van der Waals surface area contributed by atoms with Crippen molar-refractivity contribution in [3.63, 3.8) is 0 Å². The highest BCUT2D eigenvalue weighted by atomic mass is 79.9. The summed E-state index contributed by atoms with van der Waals surface area (Å²) in [6, 6.07) is 0. The van der Waals surface area contributed by atoms with E-state index in [1.807, 2.05) is 0 Å². The van der Waals surface area contributed by atoms with Crippen molar-refractivity contribution in [2.24, 2.45) is 0 Å². The minimum Gasteiger partial charge on any atom is -0.378 e. The van der Waals surface area contributed by atoms with E-state index in [0.29, 0.717) is 37.2 Å². The van der Waals surface area contributed by atoms with Crippen LogP contribution >= 0.6 is 15.9 Å². The van der Waals surface area contributed by atoms with Gasteiger partial charge in [-0.2, -0.15) is 0 Å². The van der Waals surface area contributed by atoms with Crippen LogP contribution in [0.5, 0.6) is 0 Å². The average Bonchev–Trinajstić information content (AvgIpc) is 2.17. The van der Waals surface area contributed by atoms with E-state index in [2.05, 4.69) is 22.5 Å². The molecule has 0 aromatic carbocycles. The Hall–Kier alpha value is -0.350.